The summed E-state index contributed by atoms with van der Waals surface area (Å²) in [5.41, 5.74) is 0.914. The van der Waals surface area contributed by atoms with E-state index in [1.807, 2.05) is 20.0 Å². The van der Waals surface area contributed by atoms with Crippen molar-refractivity contribution in [3.05, 3.63) is 41.9 Å². The van der Waals surface area contributed by atoms with Crippen LogP contribution in [-0.4, -0.2) is 31.7 Å². The number of benzene rings is 1. The van der Waals surface area contributed by atoms with Crippen LogP contribution in [0.1, 0.15) is 11.5 Å². The van der Waals surface area contributed by atoms with Crippen molar-refractivity contribution in [2.75, 3.05) is 18.6 Å². The summed E-state index contributed by atoms with van der Waals surface area (Å²) >= 11 is 1.57. The van der Waals surface area contributed by atoms with Crippen molar-refractivity contribution < 1.29 is 8.42 Å². The van der Waals surface area contributed by atoms with Crippen LogP contribution < -0.4 is 5.32 Å². The average Bonchev–Trinajstić information content (AvgIpc) is 2.44. The number of aryl methyl sites for hydroxylation is 1. The second-order valence-electron chi connectivity index (χ2n) is 4.59. The van der Waals surface area contributed by atoms with Gasteiger partial charge in [0.05, 0.1) is 10.6 Å². The van der Waals surface area contributed by atoms with Crippen LogP contribution in [0.3, 0.4) is 0 Å². The van der Waals surface area contributed by atoms with Crippen LogP contribution in [-0.2, 0) is 15.6 Å². The number of nitrogens with one attached hydrogen (secondary N) is 1. The lowest BCUT2D eigenvalue weighted by Crippen LogP contribution is -2.00. The van der Waals surface area contributed by atoms with Gasteiger partial charge in [-0.15, -0.1) is 11.8 Å². The highest BCUT2D eigenvalue weighted by Gasteiger charge is 2.07. The van der Waals surface area contributed by atoms with Crippen molar-refractivity contribution in [1.82, 2.24) is 9.97 Å². The molecule has 0 saturated carbocycles. The van der Waals surface area contributed by atoms with Crippen LogP contribution in [0.25, 0.3) is 0 Å². The Bertz CT molecular complexity index is 728. The summed E-state index contributed by atoms with van der Waals surface area (Å²) in [4.78, 5) is 10.1. The van der Waals surface area contributed by atoms with E-state index in [1.165, 1.54) is 6.26 Å². The zero-order chi connectivity index (χ0) is 15.5. The third-order valence-electron chi connectivity index (χ3n) is 2.78. The van der Waals surface area contributed by atoms with E-state index in [0.717, 1.165) is 22.2 Å². The van der Waals surface area contributed by atoms with Gasteiger partial charge in [0.25, 0.3) is 0 Å². The van der Waals surface area contributed by atoms with Gasteiger partial charge in [-0.2, -0.15) is 0 Å². The van der Waals surface area contributed by atoms with E-state index in [0.29, 0.717) is 10.6 Å². The molecule has 0 saturated heterocycles. The van der Waals surface area contributed by atoms with Gasteiger partial charge in [0.15, 0.2) is 9.84 Å². The van der Waals surface area contributed by atoms with Crippen LogP contribution >= 0.6 is 11.8 Å². The maximum atomic E-state index is 11.4. The summed E-state index contributed by atoms with van der Waals surface area (Å²) in [6.45, 7) is 1.93. The highest BCUT2D eigenvalue weighted by molar-refractivity contribution is 7.98. The van der Waals surface area contributed by atoms with Crippen molar-refractivity contribution >= 4 is 27.4 Å². The first-order chi connectivity index (χ1) is 9.88. The third-order valence-corrected chi connectivity index (χ3v) is 4.91. The van der Waals surface area contributed by atoms with Crippen LogP contribution in [0.5, 0.6) is 0 Å². The molecule has 112 valence electrons. The largest absolute Gasteiger partial charge is 0.373 e. The standard InChI is InChI=1S/C14H17N3O2S2/c1-10-8-13(15-2)17-14(16-10)9-20-11-4-6-12(7-5-11)21(3,18)19/h4-8H,9H2,1-3H3,(H,15,16,17). The SMILES string of the molecule is CNc1cc(C)nc(CSc2ccc(S(C)(=O)=O)cc2)n1. The van der Waals surface area contributed by atoms with Crippen LogP contribution in [0.15, 0.2) is 40.1 Å². The fraction of sp³-hybridized carbons (Fsp3) is 0.286. The molecule has 1 aromatic carbocycles. The van der Waals surface area contributed by atoms with E-state index in [2.05, 4.69) is 15.3 Å². The first-order valence-electron chi connectivity index (χ1n) is 6.34. The number of hydrogen-bond acceptors (Lipinski definition) is 6. The molecule has 1 aromatic heterocycles. The average molecular weight is 323 g/mol. The Morgan fingerprint density at radius 3 is 2.43 bits per heavy atom. The quantitative estimate of drug-likeness (QED) is 0.853. The molecule has 0 aliphatic carbocycles. The topological polar surface area (TPSA) is 72.0 Å². The Balaban J connectivity index is 2.08. The number of aromatic nitrogens is 2. The highest BCUT2D eigenvalue weighted by Crippen LogP contribution is 2.23. The fourth-order valence-electron chi connectivity index (χ4n) is 1.75. The predicted octanol–water partition coefficient (Wildman–Crippen LogP) is 2.52. The lowest BCUT2D eigenvalue weighted by molar-refractivity contribution is 0.602. The molecule has 0 amide bonds. The maximum Gasteiger partial charge on any atom is 0.175 e. The molecule has 2 rings (SSSR count). The van der Waals surface area contributed by atoms with Crippen molar-refractivity contribution in [3.8, 4) is 0 Å². The van der Waals surface area contributed by atoms with Crippen LogP contribution in [0, 0.1) is 6.92 Å². The van der Waals surface area contributed by atoms with E-state index >= 15 is 0 Å². The van der Waals surface area contributed by atoms with Gasteiger partial charge >= 0.3 is 0 Å². The molecule has 0 aliphatic heterocycles. The highest BCUT2D eigenvalue weighted by atomic mass is 32.2. The molecule has 0 aliphatic rings. The lowest BCUT2D eigenvalue weighted by Gasteiger charge is -2.06. The van der Waals surface area contributed by atoms with Gasteiger partial charge in [0, 0.05) is 30.0 Å². The summed E-state index contributed by atoms with van der Waals surface area (Å²) in [6, 6.07) is 8.72. The number of nitrogens with zero attached hydrogens (tertiary/aromatic N) is 2. The smallest absolute Gasteiger partial charge is 0.175 e. The third kappa shape index (κ3) is 4.44. The van der Waals surface area contributed by atoms with Gasteiger partial charge in [-0.05, 0) is 31.2 Å². The van der Waals surface area contributed by atoms with Gasteiger partial charge in [0.1, 0.15) is 11.6 Å². The molecule has 0 atom stereocenters. The molecule has 7 heteroatoms. The predicted molar refractivity (Wildman–Crippen MR) is 85.4 cm³/mol. The van der Waals surface area contributed by atoms with E-state index < -0.39 is 9.84 Å². The number of thioether (sulfide) groups is 1. The Hall–Kier alpha value is -1.60. The summed E-state index contributed by atoms with van der Waals surface area (Å²) in [6.07, 6.45) is 1.20. The molecular weight excluding hydrogens is 306 g/mol. The van der Waals surface area contributed by atoms with E-state index in [1.54, 1.807) is 36.0 Å². The molecule has 0 radical (unpaired) electrons. The van der Waals surface area contributed by atoms with Gasteiger partial charge < -0.3 is 5.32 Å². The molecule has 0 unspecified atom stereocenters. The van der Waals surface area contributed by atoms with Gasteiger partial charge in [0.2, 0.25) is 0 Å². The normalized spacial score (nSPS) is 11.4. The molecule has 21 heavy (non-hydrogen) atoms. The summed E-state index contributed by atoms with van der Waals surface area (Å²) in [5.74, 6) is 2.18. The van der Waals surface area contributed by atoms with E-state index in [-0.39, 0.29) is 0 Å². The second-order valence-corrected chi connectivity index (χ2v) is 7.66. The van der Waals surface area contributed by atoms with Gasteiger partial charge in [-0.25, -0.2) is 18.4 Å². The minimum Gasteiger partial charge on any atom is -0.373 e. The van der Waals surface area contributed by atoms with Crippen molar-refractivity contribution in [3.63, 3.8) is 0 Å². The summed E-state index contributed by atoms with van der Waals surface area (Å²) in [7, 11) is -1.32. The Morgan fingerprint density at radius 1 is 1.19 bits per heavy atom. The van der Waals surface area contributed by atoms with E-state index in [4.69, 9.17) is 0 Å². The summed E-state index contributed by atoms with van der Waals surface area (Å²) < 4.78 is 22.8. The molecule has 1 heterocycles. The number of anilines is 1. The Kier molecular flexibility index (Phi) is 4.84. The zero-order valence-corrected chi connectivity index (χ0v) is 13.8. The first-order valence-corrected chi connectivity index (χ1v) is 9.21. The zero-order valence-electron chi connectivity index (χ0n) is 12.1. The Labute approximate surface area is 129 Å². The Morgan fingerprint density at radius 2 is 1.86 bits per heavy atom. The molecule has 2 aromatic rings. The van der Waals surface area contributed by atoms with E-state index in [9.17, 15) is 8.42 Å². The van der Waals surface area contributed by atoms with Crippen LogP contribution in [0.4, 0.5) is 5.82 Å². The molecule has 0 bridgehead atoms. The van der Waals surface area contributed by atoms with Gasteiger partial charge in [-0.3, -0.25) is 0 Å². The first kappa shape index (κ1) is 15.8. The van der Waals surface area contributed by atoms with Gasteiger partial charge in [-0.1, -0.05) is 0 Å². The van der Waals surface area contributed by atoms with Crippen molar-refractivity contribution in [1.29, 1.82) is 0 Å². The molecule has 0 fully saturated rings. The number of sulfone groups is 1. The number of rotatable bonds is 5. The number of hydrogen-bond donors (Lipinski definition) is 1. The van der Waals surface area contributed by atoms with Crippen LogP contribution in [0.2, 0.25) is 0 Å². The monoisotopic (exact) mass is 323 g/mol. The minimum absolute atomic E-state index is 0.330. The lowest BCUT2D eigenvalue weighted by atomic mass is 10.4. The minimum atomic E-state index is -3.14. The fourth-order valence-corrected chi connectivity index (χ4v) is 3.14. The molecule has 0 spiro atoms. The summed E-state index contributed by atoms with van der Waals surface area (Å²) in [5, 5.41) is 3.00. The maximum absolute atomic E-state index is 11.4. The second kappa shape index (κ2) is 6.44. The molecule has 1 N–H and O–H groups in total. The van der Waals surface area contributed by atoms with Crippen molar-refractivity contribution in [2.24, 2.45) is 0 Å². The van der Waals surface area contributed by atoms with Crippen molar-refractivity contribution in [2.45, 2.75) is 22.5 Å². The molecule has 5 nitrogen and oxygen atoms in total. The molecular formula is C14H17N3O2S2.